The number of aromatic nitrogens is 1. The van der Waals surface area contributed by atoms with E-state index in [-0.39, 0.29) is 6.03 Å². The van der Waals surface area contributed by atoms with Gasteiger partial charge < -0.3 is 20.5 Å². The highest BCUT2D eigenvalue weighted by atomic mass is 16.2. The zero-order chi connectivity index (χ0) is 18.9. The fraction of sp³-hybridized carbons (Fsp3) is 0.348. The highest BCUT2D eigenvalue weighted by molar-refractivity contribution is 6.01. The molecular formula is C23H26N4O. The Morgan fingerprint density at radius 2 is 1.86 bits per heavy atom. The molecule has 3 N–H and O–H groups in total. The van der Waals surface area contributed by atoms with E-state index >= 15 is 0 Å². The number of rotatable bonds is 3. The summed E-state index contributed by atoms with van der Waals surface area (Å²) in [5.74, 6) is 0.599. The zero-order valence-electron chi connectivity index (χ0n) is 15.9. The number of aromatic amines is 1. The second-order valence-electron chi connectivity index (χ2n) is 8.00. The molecule has 2 aliphatic rings. The zero-order valence-corrected chi connectivity index (χ0v) is 15.9. The standard InChI is InChI=1S/C23H26N4O/c28-23(25-17-5-2-1-3-6-17)26-18-8-9-22-20(14-18)21(15-24-22)16-10-12-27-11-4-7-19(27)13-16/h1-3,5-6,8-9,14-16,19,24H,4,7,10-13H2,(H2,25,26,28). The summed E-state index contributed by atoms with van der Waals surface area (Å²) in [5.41, 5.74) is 4.14. The first-order valence-corrected chi connectivity index (χ1v) is 10.2. The van der Waals surface area contributed by atoms with Gasteiger partial charge in [0.1, 0.15) is 0 Å². The first kappa shape index (κ1) is 17.3. The summed E-state index contributed by atoms with van der Waals surface area (Å²) in [5, 5.41) is 7.07. The van der Waals surface area contributed by atoms with E-state index in [0.717, 1.165) is 22.9 Å². The molecule has 5 heteroatoms. The lowest BCUT2D eigenvalue weighted by atomic mass is 9.85. The van der Waals surface area contributed by atoms with Crippen molar-refractivity contribution in [1.29, 1.82) is 0 Å². The number of carbonyl (C=O) groups excluding carboxylic acids is 1. The smallest absolute Gasteiger partial charge is 0.323 e. The predicted molar refractivity (Wildman–Crippen MR) is 114 cm³/mol. The Balaban J connectivity index is 1.34. The van der Waals surface area contributed by atoms with Crippen molar-refractivity contribution >= 4 is 28.3 Å². The maximum atomic E-state index is 12.3. The fourth-order valence-corrected chi connectivity index (χ4v) is 4.88. The third-order valence-electron chi connectivity index (χ3n) is 6.26. The molecule has 0 spiro atoms. The van der Waals surface area contributed by atoms with Gasteiger partial charge in [-0.2, -0.15) is 0 Å². The molecule has 1 aromatic heterocycles. The average molecular weight is 374 g/mol. The van der Waals surface area contributed by atoms with Crippen molar-refractivity contribution < 1.29 is 4.79 Å². The molecule has 28 heavy (non-hydrogen) atoms. The quantitative estimate of drug-likeness (QED) is 0.593. The minimum Gasteiger partial charge on any atom is -0.361 e. The molecular weight excluding hydrogens is 348 g/mol. The predicted octanol–water partition coefficient (Wildman–Crippen LogP) is 5.15. The highest BCUT2D eigenvalue weighted by Gasteiger charge is 2.33. The summed E-state index contributed by atoms with van der Waals surface area (Å²) >= 11 is 0. The lowest BCUT2D eigenvalue weighted by Gasteiger charge is -2.34. The van der Waals surface area contributed by atoms with Crippen molar-refractivity contribution in [2.45, 2.75) is 37.6 Å². The lowest BCUT2D eigenvalue weighted by Crippen LogP contribution is -2.37. The van der Waals surface area contributed by atoms with Crippen LogP contribution in [0.25, 0.3) is 10.9 Å². The summed E-state index contributed by atoms with van der Waals surface area (Å²) < 4.78 is 0. The maximum Gasteiger partial charge on any atom is 0.323 e. The number of carbonyl (C=O) groups is 1. The number of anilines is 2. The van der Waals surface area contributed by atoms with Crippen molar-refractivity contribution in [2.24, 2.45) is 0 Å². The van der Waals surface area contributed by atoms with Crippen LogP contribution >= 0.6 is 0 Å². The van der Waals surface area contributed by atoms with Gasteiger partial charge in [-0.05, 0) is 80.6 Å². The fourth-order valence-electron chi connectivity index (χ4n) is 4.88. The van der Waals surface area contributed by atoms with Gasteiger partial charge in [-0.15, -0.1) is 0 Å². The van der Waals surface area contributed by atoms with Crippen LogP contribution in [0.15, 0.2) is 54.7 Å². The van der Waals surface area contributed by atoms with Gasteiger partial charge in [-0.3, -0.25) is 0 Å². The van der Waals surface area contributed by atoms with Gasteiger partial charge >= 0.3 is 6.03 Å². The third kappa shape index (κ3) is 3.38. The molecule has 2 fully saturated rings. The average Bonchev–Trinajstić information content (AvgIpc) is 3.34. The van der Waals surface area contributed by atoms with Crippen LogP contribution in [-0.2, 0) is 0 Å². The van der Waals surface area contributed by atoms with Crippen molar-refractivity contribution in [2.75, 3.05) is 23.7 Å². The summed E-state index contributed by atoms with van der Waals surface area (Å²) in [6.45, 7) is 2.48. The van der Waals surface area contributed by atoms with Crippen LogP contribution in [0.4, 0.5) is 16.2 Å². The van der Waals surface area contributed by atoms with Gasteiger partial charge in [0.15, 0.2) is 0 Å². The summed E-state index contributed by atoms with van der Waals surface area (Å²) in [4.78, 5) is 18.4. The van der Waals surface area contributed by atoms with Gasteiger partial charge in [-0.25, -0.2) is 4.79 Å². The number of fused-ring (bicyclic) bond motifs is 2. The van der Waals surface area contributed by atoms with E-state index in [1.54, 1.807) is 0 Å². The number of amides is 2. The molecule has 2 aliphatic heterocycles. The number of nitrogens with zero attached hydrogens (tertiary/aromatic N) is 1. The Bertz CT molecular complexity index is 981. The van der Waals surface area contributed by atoms with E-state index in [2.05, 4.69) is 38.8 Å². The number of urea groups is 1. The SMILES string of the molecule is O=C(Nc1ccccc1)Nc1ccc2[nH]cc(C3CCN4CCCC4C3)c2c1. The largest absolute Gasteiger partial charge is 0.361 e. The molecule has 2 atom stereocenters. The third-order valence-corrected chi connectivity index (χ3v) is 6.26. The molecule has 2 amide bonds. The second kappa shape index (κ2) is 7.32. The van der Waals surface area contributed by atoms with Crippen LogP contribution < -0.4 is 10.6 Å². The Hall–Kier alpha value is -2.79. The summed E-state index contributed by atoms with van der Waals surface area (Å²) in [7, 11) is 0. The Kier molecular flexibility index (Phi) is 4.53. The van der Waals surface area contributed by atoms with Gasteiger partial charge in [0.25, 0.3) is 0 Å². The molecule has 144 valence electrons. The van der Waals surface area contributed by atoms with Gasteiger partial charge in [0.2, 0.25) is 0 Å². The molecule has 2 saturated heterocycles. The van der Waals surface area contributed by atoms with Crippen LogP contribution in [-0.4, -0.2) is 35.0 Å². The van der Waals surface area contributed by atoms with Crippen LogP contribution in [0, 0.1) is 0 Å². The van der Waals surface area contributed by atoms with Crippen molar-refractivity contribution in [3.8, 4) is 0 Å². The molecule has 2 aromatic carbocycles. The number of hydrogen-bond acceptors (Lipinski definition) is 2. The molecule has 5 rings (SSSR count). The van der Waals surface area contributed by atoms with Crippen LogP contribution in [0.3, 0.4) is 0 Å². The van der Waals surface area contributed by atoms with Gasteiger partial charge in [-0.1, -0.05) is 18.2 Å². The van der Waals surface area contributed by atoms with Crippen LogP contribution in [0.1, 0.15) is 37.2 Å². The summed E-state index contributed by atoms with van der Waals surface area (Å²) in [6.07, 6.45) is 7.32. The number of para-hydroxylation sites is 1. The van der Waals surface area contributed by atoms with Gasteiger partial charge in [0.05, 0.1) is 0 Å². The Morgan fingerprint density at radius 3 is 2.75 bits per heavy atom. The van der Waals surface area contributed by atoms with E-state index in [1.807, 2.05) is 36.4 Å². The Labute approximate surface area is 165 Å². The molecule has 0 radical (unpaired) electrons. The minimum atomic E-state index is -0.220. The molecule has 2 unspecified atom stereocenters. The Morgan fingerprint density at radius 1 is 1.00 bits per heavy atom. The number of benzene rings is 2. The monoisotopic (exact) mass is 374 g/mol. The summed E-state index contributed by atoms with van der Waals surface area (Å²) in [6, 6.07) is 16.1. The molecule has 3 aromatic rings. The maximum absolute atomic E-state index is 12.3. The van der Waals surface area contributed by atoms with E-state index < -0.39 is 0 Å². The first-order valence-electron chi connectivity index (χ1n) is 10.2. The number of H-pyrrole nitrogens is 1. The first-order chi connectivity index (χ1) is 13.8. The number of nitrogens with one attached hydrogen (secondary N) is 3. The topological polar surface area (TPSA) is 60.2 Å². The highest BCUT2D eigenvalue weighted by Crippen LogP contribution is 2.39. The molecule has 0 saturated carbocycles. The molecule has 5 nitrogen and oxygen atoms in total. The van der Waals surface area contributed by atoms with Crippen molar-refractivity contribution in [1.82, 2.24) is 9.88 Å². The second-order valence-corrected chi connectivity index (χ2v) is 8.00. The number of hydrogen-bond donors (Lipinski definition) is 3. The lowest BCUT2D eigenvalue weighted by molar-refractivity contribution is 0.181. The molecule has 0 aliphatic carbocycles. The number of piperidine rings is 1. The minimum absolute atomic E-state index is 0.220. The van der Waals surface area contributed by atoms with Gasteiger partial charge in [0, 0.05) is 34.5 Å². The molecule has 3 heterocycles. The van der Waals surface area contributed by atoms with Crippen molar-refractivity contribution in [3.63, 3.8) is 0 Å². The van der Waals surface area contributed by atoms with Crippen molar-refractivity contribution in [3.05, 3.63) is 60.3 Å². The van der Waals surface area contributed by atoms with Crippen LogP contribution in [0.2, 0.25) is 0 Å². The van der Waals surface area contributed by atoms with E-state index in [0.29, 0.717) is 5.92 Å². The van der Waals surface area contributed by atoms with Crippen LogP contribution in [0.5, 0.6) is 0 Å². The normalized spacial score (nSPS) is 22.1. The van der Waals surface area contributed by atoms with E-state index in [9.17, 15) is 4.79 Å². The molecule has 0 bridgehead atoms. The van der Waals surface area contributed by atoms with E-state index in [1.165, 1.54) is 49.7 Å². The van der Waals surface area contributed by atoms with E-state index in [4.69, 9.17) is 0 Å².